The van der Waals surface area contributed by atoms with Crippen LogP contribution < -0.4 is 5.32 Å². The average molecular weight is 490 g/mol. The summed E-state index contributed by atoms with van der Waals surface area (Å²) in [7, 11) is 0. The molecular formula is C27H25F2N5O2. The molecule has 0 aliphatic heterocycles. The van der Waals surface area contributed by atoms with Crippen LogP contribution in [0.25, 0.3) is 33.5 Å². The van der Waals surface area contributed by atoms with Gasteiger partial charge in [-0.3, -0.25) is 10.1 Å². The Balaban J connectivity index is 1.48. The molecule has 3 aliphatic carbocycles. The number of nitrogens with zero attached hydrogens (tertiary/aromatic N) is 3. The highest BCUT2D eigenvalue weighted by Crippen LogP contribution is 2.46. The van der Waals surface area contributed by atoms with E-state index in [1.54, 1.807) is 24.4 Å². The molecule has 0 amide bonds. The van der Waals surface area contributed by atoms with Crippen molar-refractivity contribution in [2.24, 2.45) is 17.8 Å². The monoisotopic (exact) mass is 489 g/mol. The summed E-state index contributed by atoms with van der Waals surface area (Å²) < 4.78 is 28.5. The van der Waals surface area contributed by atoms with Crippen LogP contribution in [-0.4, -0.2) is 25.9 Å². The maximum atomic E-state index is 14.4. The fraction of sp³-hybridized carbons (Fsp3) is 0.333. The minimum absolute atomic E-state index is 0.0448. The molecule has 0 spiro atoms. The lowest BCUT2D eigenvalue weighted by Gasteiger charge is -2.47. The molecule has 4 aromatic rings. The molecule has 2 bridgehead atoms. The zero-order valence-electron chi connectivity index (χ0n) is 19.7. The summed E-state index contributed by atoms with van der Waals surface area (Å²) in [6, 6.07) is 10.4. The van der Waals surface area contributed by atoms with Crippen molar-refractivity contribution in [1.29, 1.82) is 0 Å². The van der Waals surface area contributed by atoms with E-state index in [2.05, 4.69) is 22.2 Å². The van der Waals surface area contributed by atoms with Crippen LogP contribution in [0.4, 0.5) is 20.3 Å². The SMILES string of the molecule is C[C@H]1C2CCC(CC2)[C@@H]1Nc1cc(-c2cccc([N+](=O)[O-])c2)nc(-c2c[nH]c3c(F)cc(F)cc23)n1. The highest BCUT2D eigenvalue weighted by molar-refractivity contribution is 5.94. The molecular weight excluding hydrogens is 464 g/mol. The quantitative estimate of drug-likeness (QED) is 0.240. The number of rotatable bonds is 5. The highest BCUT2D eigenvalue weighted by Gasteiger charge is 2.41. The normalized spacial score (nSPS) is 23.2. The number of halogens is 2. The molecule has 9 heteroatoms. The fourth-order valence-corrected chi connectivity index (χ4v) is 6.08. The van der Waals surface area contributed by atoms with Gasteiger partial charge in [0.1, 0.15) is 17.5 Å². The van der Waals surface area contributed by atoms with Gasteiger partial charge in [-0.2, -0.15) is 0 Å². The summed E-state index contributed by atoms with van der Waals surface area (Å²) >= 11 is 0. The van der Waals surface area contributed by atoms with Crippen LogP contribution in [0.2, 0.25) is 0 Å². The number of H-pyrrole nitrogens is 1. The first kappa shape index (κ1) is 22.6. The molecule has 7 nitrogen and oxygen atoms in total. The number of aromatic amines is 1. The van der Waals surface area contributed by atoms with Crippen molar-refractivity contribution in [3.63, 3.8) is 0 Å². The van der Waals surface area contributed by atoms with Gasteiger partial charge in [0.05, 0.1) is 16.1 Å². The zero-order chi connectivity index (χ0) is 25.0. The lowest BCUT2D eigenvalue weighted by molar-refractivity contribution is -0.384. The number of fused-ring (bicyclic) bond motifs is 4. The van der Waals surface area contributed by atoms with Crippen molar-refractivity contribution in [1.82, 2.24) is 15.0 Å². The summed E-state index contributed by atoms with van der Waals surface area (Å²) in [5.74, 6) is 1.22. The number of benzene rings is 2. The van der Waals surface area contributed by atoms with Crippen molar-refractivity contribution in [2.75, 3.05) is 5.32 Å². The molecule has 3 fully saturated rings. The Hall–Kier alpha value is -3.88. The van der Waals surface area contributed by atoms with Crippen LogP contribution in [0.5, 0.6) is 0 Å². The van der Waals surface area contributed by atoms with E-state index in [0.717, 1.165) is 6.07 Å². The number of nitro groups is 1. The Morgan fingerprint density at radius 1 is 1.06 bits per heavy atom. The first-order valence-corrected chi connectivity index (χ1v) is 12.2. The zero-order valence-corrected chi connectivity index (χ0v) is 19.7. The highest BCUT2D eigenvalue weighted by atomic mass is 19.1. The summed E-state index contributed by atoms with van der Waals surface area (Å²) in [6.45, 7) is 2.28. The summed E-state index contributed by atoms with van der Waals surface area (Å²) in [4.78, 5) is 23.2. The van der Waals surface area contributed by atoms with Gasteiger partial charge in [0, 0.05) is 53.0 Å². The number of non-ortho nitro benzene ring substituents is 1. The first-order valence-electron chi connectivity index (χ1n) is 12.2. The molecule has 184 valence electrons. The van der Waals surface area contributed by atoms with Crippen LogP contribution in [0.3, 0.4) is 0 Å². The van der Waals surface area contributed by atoms with Gasteiger partial charge in [-0.1, -0.05) is 19.1 Å². The van der Waals surface area contributed by atoms with Gasteiger partial charge in [0.25, 0.3) is 5.69 Å². The molecule has 3 saturated carbocycles. The lowest BCUT2D eigenvalue weighted by Crippen LogP contribution is -2.47. The molecule has 7 rings (SSSR count). The Kier molecular flexibility index (Phi) is 5.43. The number of nitrogens with one attached hydrogen (secondary N) is 2. The van der Waals surface area contributed by atoms with Gasteiger partial charge in [-0.25, -0.2) is 18.7 Å². The number of nitro benzene ring substituents is 1. The van der Waals surface area contributed by atoms with E-state index in [-0.39, 0.29) is 23.1 Å². The lowest BCUT2D eigenvalue weighted by atomic mass is 9.62. The molecule has 3 aliphatic rings. The molecule has 2 atom stereocenters. The van der Waals surface area contributed by atoms with E-state index in [0.29, 0.717) is 45.8 Å². The number of hydrogen-bond donors (Lipinski definition) is 2. The third kappa shape index (κ3) is 3.88. The predicted octanol–water partition coefficient (Wildman–Crippen LogP) is 6.71. The van der Waals surface area contributed by atoms with Crippen LogP contribution in [0.1, 0.15) is 32.6 Å². The van der Waals surface area contributed by atoms with E-state index < -0.39 is 16.6 Å². The molecule has 2 aromatic carbocycles. The van der Waals surface area contributed by atoms with E-state index in [1.165, 1.54) is 43.9 Å². The molecule has 36 heavy (non-hydrogen) atoms. The number of hydrogen-bond acceptors (Lipinski definition) is 5. The van der Waals surface area contributed by atoms with Crippen molar-refractivity contribution >= 4 is 22.4 Å². The van der Waals surface area contributed by atoms with Crippen LogP contribution in [-0.2, 0) is 0 Å². The third-order valence-corrected chi connectivity index (χ3v) is 7.97. The van der Waals surface area contributed by atoms with Gasteiger partial charge < -0.3 is 10.3 Å². The van der Waals surface area contributed by atoms with Gasteiger partial charge in [-0.15, -0.1) is 0 Å². The Morgan fingerprint density at radius 3 is 2.58 bits per heavy atom. The maximum absolute atomic E-state index is 14.4. The Bertz CT molecular complexity index is 1480. The van der Waals surface area contributed by atoms with Crippen molar-refractivity contribution < 1.29 is 13.7 Å². The smallest absolute Gasteiger partial charge is 0.270 e. The van der Waals surface area contributed by atoms with Crippen LogP contribution in [0.15, 0.2) is 48.7 Å². The van der Waals surface area contributed by atoms with Crippen molar-refractivity contribution in [3.8, 4) is 22.6 Å². The van der Waals surface area contributed by atoms with Crippen LogP contribution >= 0.6 is 0 Å². The average Bonchev–Trinajstić information content (AvgIpc) is 3.30. The van der Waals surface area contributed by atoms with E-state index in [9.17, 15) is 18.9 Å². The van der Waals surface area contributed by atoms with E-state index >= 15 is 0 Å². The Labute approximate surface area is 206 Å². The first-order chi connectivity index (χ1) is 17.4. The molecule has 2 heterocycles. The summed E-state index contributed by atoms with van der Waals surface area (Å²) in [5.41, 5.74) is 1.63. The number of anilines is 1. The summed E-state index contributed by atoms with van der Waals surface area (Å²) in [6.07, 6.45) is 6.44. The Morgan fingerprint density at radius 2 is 1.83 bits per heavy atom. The van der Waals surface area contributed by atoms with E-state index in [1.807, 2.05) is 0 Å². The van der Waals surface area contributed by atoms with E-state index in [4.69, 9.17) is 4.98 Å². The van der Waals surface area contributed by atoms with Gasteiger partial charge in [0.15, 0.2) is 5.82 Å². The second-order valence-corrected chi connectivity index (χ2v) is 9.99. The second kappa shape index (κ2) is 8.65. The second-order valence-electron chi connectivity index (χ2n) is 9.99. The number of aromatic nitrogens is 3. The molecule has 0 saturated heterocycles. The molecule has 2 N–H and O–H groups in total. The molecule has 2 aromatic heterocycles. The van der Waals surface area contributed by atoms with Crippen molar-refractivity contribution in [3.05, 3.63) is 70.4 Å². The third-order valence-electron chi connectivity index (χ3n) is 7.97. The van der Waals surface area contributed by atoms with Gasteiger partial charge in [0.2, 0.25) is 0 Å². The topological polar surface area (TPSA) is 96.7 Å². The summed E-state index contributed by atoms with van der Waals surface area (Å²) in [5, 5.41) is 15.3. The van der Waals surface area contributed by atoms with Gasteiger partial charge in [-0.05, 0) is 49.5 Å². The van der Waals surface area contributed by atoms with Gasteiger partial charge >= 0.3 is 0 Å². The maximum Gasteiger partial charge on any atom is 0.270 e. The van der Waals surface area contributed by atoms with Crippen molar-refractivity contribution in [2.45, 2.75) is 38.6 Å². The molecule has 0 unspecified atom stereocenters. The van der Waals surface area contributed by atoms with Crippen LogP contribution in [0, 0.1) is 39.5 Å². The fourth-order valence-electron chi connectivity index (χ4n) is 6.08. The largest absolute Gasteiger partial charge is 0.367 e. The molecule has 0 radical (unpaired) electrons. The predicted molar refractivity (Wildman–Crippen MR) is 133 cm³/mol. The minimum atomic E-state index is -0.698. The minimum Gasteiger partial charge on any atom is -0.367 e. The standard InChI is InChI=1S/C27H25F2N5O2/c1-14-15-5-7-16(8-6-15)25(14)32-24-12-23(17-3-2-4-19(9-17)34(35)36)31-27(33-24)21-13-30-26-20(21)10-18(28)11-22(26)29/h2-4,9-16,25,30H,5-8H2,1H3,(H,31,32,33)/t14-,15?,16?,25+/m0/s1.